The first-order valence-corrected chi connectivity index (χ1v) is 33.6. The molecule has 3 N–H and O–H groups in total. The second-order valence-corrected chi connectivity index (χ2v) is 23.2. The molecular formula is C68H131NO5. The maximum atomic E-state index is 12.5. The quantitative estimate of drug-likeness (QED) is 0.0320. The third-order valence-electron chi connectivity index (χ3n) is 15.8. The summed E-state index contributed by atoms with van der Waals surface area (Å²) < 4.78 is 5.49. The average Bonchev–Trinajstić information content (AvgIpc) is 3.40. The molecule has 0 spiro atoms. The van der Waals surface area contributed by atoms with E-state index in [0.717, 1.165) is 51.4 Å². The fraction of sp³-hybridized carbons (Fsp3) is 0.912. The molecule has 0 aliphatic carbocycles. The standard InChI is InChI=1S/C68H131NO5/c1-3-5-7-9-11-13-15-17-34-38-42-46-50-54-58-62-68(73)74-63-59-55-51-47-43-39-36-33-31-29-27-25-23-21-19-18-20-22-24-26-28-30-32-35-37-41-45-49-53-57-61-67(72)69-65(64-70)66(71)60-56-52-48-44-40-16-14-12-10-8-6-4-2/h11,13,17,34,65-66,70-71H,3-10,12,14-16,18-33,35-64H2,1-2H3,(H,69,72)/b13-11-,34-17-/t65-,66+/m0/s1. The van der Waals surface area contributed by atoms with Crippen LogP contribution in [-0.4, -0.2) is 47.4 Å². The molecule has 0 aromatic carbocycles. The Bertz CT molecular complexity index is 1150. The summed E-state index contributed by atoms with van der Waals surface area (Å²) in [5.74, 6) is -0.0235. The lowest BCUT2D eigenvalue weighted by atomic mass is 10.0. The molecule has 0 rings (SSSR count). The van der Waals surface area contributed by atoms with Gasteiger partial charge in [0.25, 0.3) is 0 Å². The summed E-state index contributed by atoms with van der Waals surface area (Å²) in [4.78, 5) is 24.5. The Kier molecular flexibility index (Phi) is 62.4. The first-order chi connectivity index (χ1) is 36.5. The van der Waals surface area contributed by atoms with Crippen molar-refractivity contribution >= 4 is 11.9 Å². The Morgan fingerprint density at radius 2 is 0.676 bits per heavy atom. The van der Waals surface area contributed by atoms with Crippen LogP contribution < -0.4 is 5.32 Å². The Morgan fingerprint density at radius 3 is 1.05 bits per heavy atom. The van der Waals surface area contributed by atoms with Crippen LogP contribution in [-0.2, 0) is 14.3 Å². The number of carbonyl (C=O) groups is 2. The van der Waals surface area contributed by atoms with Crippen molar-refractivity contribution in [2.75, 3.05) is 13.2 Å². The molecule has 0 unspecified atom stereocenters. The topological polar surface area (TPSA) is 95.9 Å². The number of allylic oxidation sites excluding steroid dienone is 4. The van der Waals surface area contributed by atoms with E-state index in [1.54, 1.807) is 0 Å². The Morgan fingerprint density at radius 1 is 0.378 bits per heavy atom. The molecule has 6 heteroatoms. The molecule has 0 saturated heterocycles. The van der Waals surface area contributed by atoms with Gasteiger partial charge in [0, 0.05) is 12.8 Å². The van der Waals surface area contributed by atoms with E-state index in [2.05, 4.69) is 43.5 Å². The predicted molar refractivity (Wildman–Crippen MR) is 324 cm³/mol. The van der Waals surface area contributed by atoms with Gasteiger partial charge in [-0.1, -0.05) is 327 Å². The summed E-state index contributed by atoms with van der Waals surface area (Å²) in [6, 6.07) is -0.537. The minimum atomic E-state index is -0.660. The van der Waals surface area contributed by atoms with Crippen molar-refractivity contribution in [2.24, 2.45) is 0 Å². The molecule has 0 aromatic rings. The third kappa shape index (κ3) is 59.6. The van der Waals surface area contributed by atoms with Crippen molar-refractivity contribution in [1.82, 2.24) is 5.32 Å². The molecule has 0 aliphatic heterocycles. The van der Waals surface area contributed by atoms with Gasteiger partial charge in [0.05, 0.1) is 25.4 Å². The van der Waals surface area contributed by atoms with Gasteiger partial charge in [-0.15, -0.1) is 0 Å². The van der Waals surface area contributed by atoms with Gasteiger partial charge in [-0.25, -0.2) is 0 Å². The minimum Gasteiger partial charge on any atom is -0.466 e. The fourth-order valence-corrected chi connectivity index (χ4v) is 10.6. The second-order valence-electron chi connectivity index (χ2n) is 23.2. The van der Waals surface area contributed by atoms with Crippen LogP contribution in [0, 0.1) is 0 Å². The Hall–Kier alpha value is -1.66. The highest BCUT2D eigenvalue weighted by molar-refractivity contribution is 5.76. The normalized spacial score (nSPS) is 12.6. The van der Waals surface area contributed by atoms with Crippen molar-refractivity contribution < 1.29 is 24.5 Å². The molecular weight excluding hydrogens is 911 g/mol. The van der Waals surface area contributed by atoms with Gasteiger partial charge in [-0.3, -0.25) is 9.59 Å². The number of hydrogen-bond donors (Lipinski definition) is 3. The third-order valence-corrected chi connectivity index (χ3v) is 15.8. The maximum absolute atomic E-state index is 12.5. The Balaban J connectivity index is 3.31. The van der Waals surface area contributed by atoms with Crippen LogP contribution in [0.25, 0.3) is 0 Å². The number of ether oxygens (including phenoxy) is 1. The summed E-state index contributed by atoms with van der Waals surface area (Å²) >= 11 is 0. The first kappa shape index (κ1) is 72.3. The lowest BCUT2D eigenvalue weighted by Crippen LogP contribution is -2.45. The number of rotatable bonds is 63. The second kappa shape index (κ2) is 63.9. The van der Waals surface area contributed by atoms with Crippen molar-refractivity contribution in [3.05, 3.63) is 24.3 Å². The van der Waals surface area contributed by atoms with Crippen LogP contribution in [0.4, 0.5) is 0 Å². The van der Waals surface area contributed by atoms with Gasteiger partial charge in [-0.05, 0) is 57.8 Å². The van der Waals surface area contributed by atoms with Crippen molar-refractivity contribution in [2.45, 2.75) is 386 Å². The van der Waals surface area contributed by atoms with Crippen molar-refractivity contribution in [3.63, 3.8) is 0 Å². The summed E-state index contributed by atoms with van der Waals surface area (Å²) in [5.41, 5.74) is 0. The molecule has 0 aliphatic rings. The highest BCUT2D eigenvalue weighted by Gasteiger charge is 2.20. The molecule has 2 atom stereocenters. The van der Waals surface area contributed by atoms with Gasteiger partial charge in [0.1, 0.15) is 0 Å². The van der Waals surface area contributed by atoms with Crippen LogP contribution in [0.15, 0.2) is 24.3 Å². The molecule has 438 valence electrons. The number of hydrogen-bond acceptors (Lipinski definition) is 5. The van der Waals surface area contributed by atoms with E-state index in [1.165, 1.54) is 289 Å². The molecule has 1 amide bonds. The van der Waals surface area contributed by atoms with Gasteiger partial charge in [0.2, 0.25) is 5.91 Å². The van der Waals surface area contributed by atoms with E-state index in [-0.39, 0.29) is 18.5 Å². The summed E-state index contributed by atoms with van der Waals surface area (Å²) in [6.07, 6.45) is 79.4. The van der Waals surface area contributed by atoms with E-state index in [9.17, 15) is 19.8 Å². The summed E-state index contributed by atoms with van der Waals surface area (Å²) in [5, 5.41) is 23.2. The first-order valence-electron chi connectivity index (χ1n) is 33.6. The molecule has 0 fully saturated rings. The molecule has 0 aromatic heterocycles. The number of unbranched alkanes of at least 4 members (excludes halogenated alkanes) is 48. The van der Waals surface area contributed by atoms with E-state index in [4.69, 9.17) is 4.74 Å². The molecule has 0 saturated carbocycles. The predicted octanol–water partition coefficient (Wildman–Crippen LogP) is 21.4. The van der Waals surface area contributed by atoms with E-state index >= 15 is 0 Å². The maximum Gasteiger partial charge on any atom is 0.305 e. The molecule has 0 bridgehead atoms. The van der Waals surface area contributed by atoms with E-state index in [0.29, 0.717) is 25.9 Å². The van der Waals surface area contributed by atoms with Crippen molar-refractivity contribution in [3.8, 4) is 0 Å². The van der Waals surface area contributed by atoms with Crippen LogP contribution in [0.3, 0.4) is 0 Å². The fourth-order valence-electron chi connectivity index (χ4n) is 10.6. The zero-order chi connectivity index (χ0) is 53.6. The Labute approximate surface area is 462 Å². The van der Waals surface area contributed by atoms with Gasteiger partial charge >= 0.3 is 5.97 Å². The number of aliphatic hydroxyl groups is 2. The minimum absolute atomic E-state index is 0.00643. The highest BCUT2D eigenvalue weighted by Crippen LogP contribution is 2.19. The van der Waals surface area contributed by atoms with Gasteiger partial charge in [0.15, 0.2) is 0 Å². The largest absolute Gasteiger partial charge is 0.466 e. The van der Waals surface area contributed by atoms with Crippen LogP contribution >= 0.6 is 0 Å². The van der Waals surface area contributed by atoms with E-state index < -0.39 is 12.1 Å². The molecule has 0 radical (unpaired) electrons. The average molecular weight is 1040 g/mol. The lowest BCUT2D eigenvalue weighted by molar-refractivity contribution is -0.143. The van der Waals surface area contributed by atoms with Gasteiger partial charge in [-0.2, -0.15) is 0 Å². The number of nitrogens with one attached hydrogen (secondary N) is 1. The summed E-state index contributed by atoms with van der Waals surface area (Å²) in [6.45, 7) is 4.94. The van der Waals surface area contributed by atoms with Crippen LogP contribution in [0.1, 0.15) is 373 Å². The lowest BCUT2D eigenvalue weighted by Gasteiger charge is -2.22. The number of aliphatic hydroxyl groups excluding tert-OH is 2. The highest BCUT2D eigenvalue weighted by atomic mass is 16.5. The van der Waals surface area contributed by atoms with Gasteiger partial charge < -0.3 is 20.3 Å². The smallest absolute Gasteiger partial charge is 0.305 e. The molecule has 0 heterocycles. The number of esters is 1. The van der Waals surface area contributed by atoms with Crippen LogP contribution in [0.2, 0.25) is 0 Å². The number of carbonyl (C=O) groups excluding carboxylic acids is 2. The molecule has 74 heavy (non-hydrogen) atoms. The number of amides is 1. The van der Waals surface area contributed by atoms with E-state index in [1.807, 2.05) is 0 Å². The SMILES string of the molecule is CCCCC/C=C\C/C=C\CCCCCCCC(=O)OCCCCCCCCCCCCCCCCCCCCCCCCCCCCCCCCC(=O)N[C@@H](CO)[C@H](O)CCCCCCCCCCCCCC. The zero-order valence-corrected chi connectivity index (χ0v) is 50.1. The zero-order valence-electron chi connectivity index (χ0n) is 50.1. The monoisotopic (exact) mass is 1040 g/mol. The molecule has 6 nitrogen and oxygen atoms in total. The van der Waals surface area contributed by atoms with Crippen LogP contribution in [0.5, 0.6) is 0 Å². The summed E-state index contributed by atoms with van der Waals surface area (Å²) in [7, 11) is 0. The van der Waals surface area contributed by atoms with Crippen molar-refractivity contribution in [1.29, 1.82) is 0 Å².